The maximum atomic E-state index is 10.9. The van der Waals surface area contributed by atoms with Gasteiger partial charge in [0.1, 0.15) is 5.15 Å². The van der Waals surface area contributed by atoms with Gasteiger partial charge in [-0.15, -0.1) is 0 Å². The molecule has 0 amide bonds. The quantitative estimate of drug-likeness (QED) is 0.626. The Morgan fingerprint density at radius 2 is 1.70 bits per heavy atom. The van der Waals surface area contributed by atoms with Crippen molar-refractivity contribution in [3.8, 4) is 11.1 Å². The highest BCUT2D eigenvalue weighted by Gasteiger charge is 2.14. The van der Waals surface area contributed by atoms with Crippen LogP contribution in [0, 0.1) is 0 Å². The first kappa shape index (κ1) is 15.4. The van der Waals surface area contributed by atoms with Crippen LogP contribution in [-0.4, -0.2) is 16.1 Å². The molecule has 1 heterocycles. The average Bonchev–Trinajstić information content (AvgIpc) is 2.35. The van der Waals surface area contributed by atoms with Crippen LogP contribution in [0.2, 0.25) is 20.2 Å². The summed E-state index contributed by atoms with van der Waals surface area (Å²) in [4.78, 5) is 14.9. The van der Waals surface area contributed by atoms with Crippen LogP contribution in [0.4, 0.5) is 0 Å². The van der Waals surface area contributed by atoms with Gasteiger partial charge >= 0.3 is 5.97 Å². The fourth-order valence-corrected chi connectivity index (χ4v) is 2.49. The Kier molecular flexibility index (Phi) is 4.76. The Bertz CT molecular complexity index is 665. The molecule has 0 aliphatic carbocycles. The van der Waals surface area contributed by atoms with E-state index in [-0.39, 0.29) is 26.6 Å². The number of carbonyl (C=O) groups is 1. The molecule has 0 fully saturated rings. The largest absolute Gasteiger partial charge is 0.481 e. The van der Waals surface area contributed by atoms with E-state index in [0.29, 0.717) is 16.8 Å². The van der Waals surface area contributed by atoms with Crippen molar-refractivity contribution in [2.45, 2.75) is 6.42 Å². The summed E-state index contributed by atoms with van der Waals surface area (Å²) < 4.78 is 0. The van der Waals surface area contributed by atoms with Gasteiger partial charge in [0, 0.05) is 5.56 Å². The lowest BCUT2D eigenvalue weighted by Gasteiger charge is -2.10. The number of aromatic nitrogens is 1. The van der Waals surface area contributed by atoms with Crippen LogP contribution < -0.4 is 0 Å². The van der Waals surface area contributed by atoms with Crippen LogP contribution in [0.1, 0.15) is 5.69 Å². The van der Waals surface area contributed by atoms with Gasteiger partial charge in [0.15, 0.2) is 0 Å². The third-order valence-corrected chi connectivity index (χ3v) is 3.96. The van der Waals surface area contributed by atoms with Gasteiger partial charge in [-0.25, -0.2) is 4.98 Å². The van der Waals surface area contributed by atoms with Gasteiger partial charge < -0.3 is 5.11 Å². The van der Waals surface area contributed by atoms with Crippen molar-refractivity contribution in [2.24, 2.45) is 0 Å². The molecule has 104 valence electrons. The smallest absolute Gasteiger partial charge is 0.309 e. The number of rotatable bonds is 3. The van der Waals surface area contributed by atoms with Crippen LogP contribution in [0.25, 0.3) is 11.1 Å². The molecule has 0 aliphatic rings. The summed E-state index contributed by atoms with van der Waals surface area (Å²) in [5.74, 6) is -1.01. The Labute approximate surface area is 135 Å². The third-order valence-electron chi connectivity index (χ3n) is 2.55. The number of hydrogen-bond acceptors (Lipinski definition) is 2. The molecule has 20 heavy (non-hydrogen) atoms. The summed E-state index contributed by atoms with van der Waals surface area (Å²) >= 11 is 23.6. The molecule has 7 heteroatoms. The van der Waals surface area contributed by atoms with Gasteiger partial charge in [-0.2, -0.15) is 0 Å². The number of halogens is 4. The Hall–Kier alpha value is -1.000. The van der Waals surface area contributed by atoms with Crippen molar-refractivity contribution in [3.63, 3.8) is 0 Å². The van der Waals surface area contributed by atoms with Crippen molar-refractivity contribution < 1.29 is 9.90 Å². The van der Waals surface area contributed by atoms with E-state index in [1.807, 2.05) is 0 Å². The lowest BCUT2D eigenvalue weighted by molar-refractivity contribution is -0.136. The summed E-state index contributed by atoms with van der Waals surface area (Å²) in [5.41, 5.74) is 1.56. The van der Waals surface area contributed by atoms with E-state index in [1.54, 1.807) is 24.3 Å². The van der Waals surface area contributed by atoms with Crippen LogP contribution in [0.5, 0.6) is 0 Å². The van der Waals surface area contributed by atoms with Crippen LogP contribution in [0.3, 0.4) is 0 Å². The molecule has 3 nitrogen and oxygen atoms in total. The predicted octanol–water partition coefficient (Wildman–Crippen LogP) is 4.99. The van der Waals surface area contributed by atoms with Gasteiger partial charge in [0.25, 0.3) is 0 Å². The molecule has 0 spiro atoms. The second kappa shape index (κ2) is 6.19. The number of benzene rings is 1. The molecule has 0 radical (unpaired) electrons. The van der Waals surface area contributed by atoms with E-state index >= 15 is 0 Å². The first-order chi connectivity index (χ1) is 9.38. The van der Waals surface area contributed by atoms with Crippen LogP contribution in [-0.2, 0) is 11.2 Å². The zero-order valence-electron chi connectivity index (χ0n) is 9.83. The van der Waals surface area contributed by atoms with E-state index in [2.05, 4.69) is 4.98 Å². The van der Waals surface area contributed by atoms with E-state index in [1.165, 1.54) is 0 Å². The summed E-state index contributed by atoms with van der Waals surface area (Å²) in [7, 11) is 0. The molecule has 2 aromatic rings. The number of aliphatic carboxylic acids is 1. The van der Waals surface area contributed by atoms with E-state index in [4.69, 9.17) is 51.5 Å². The second-order valence-corrected chi connectivity index (χ2v) is 5.53. The number of nitrogens with zero attached hydrogens (tertiary/aromatic N) is 1. The SMILES string of the molecule is O=C(O)Cc1nc(Cl)ccc1-c1cc(Cl)c(Cl)c(Cl)c1. The van der Waals surface area contributed by atoms with Gasteiger partial charge in [-0.1, -0.05) is 46.4 Å². The van der Waals surface area contributed by atoms with Crippen molar-refractivity contribution in [3.05, 3.63) is 50.2 Å². The Morgan fingerprint density at radius 3 is 2.25 bits per heavy atom. The number of hydrogen-bond donors (Lipinski definition) is 1. The van der Waals surface area contributed by atoms with Crippen molar-refractivity contribution in [1.29, 1.82) is 0 Å². The van der Waals surface area contributed by atoms with Crippen LogP contribution in [0.15, 0.2) is 24.3 Å². The maximum Gasteiger partial charge on any atom is 0.309 e. The normalized spacial score (nSPS) is 10.6. The topological polar surface area (TPSA) is 50.2 Å². The number of carboxylic acids is 1. The molecular formula is C13H7Cl4NO2. The number of carboxylic acid groups (broad SMARTS) is 1. The lowest BCUT2D eigenvalue weighted by Crippen LogP contribution is -2.04. The minimum absolute atomic E-state index is 0.219. The monoisotopic (exact) mass is 349 g/mol. The van der Waals surface area contributed by atoms with Crippen molar-refractivity contribution in [2.75, 3.05) is 0 Å². The minimum Gasteiger partial charge on any atom is -0.481 e. The molecule has 0 unspecified atom stereocenters. The molecule has 1 N–H and O–H groups in total. The van der Waals surface area contributed by atoms with E-state index in [0.717, 1.165) is 0 Å². The number of pyridine rings is 1. The standard InChI is InChI=1S/C13H7Cl4NO2/c14-8-3-6(4-9(15)13(8)17)7-1-2-11(16)18-10(7)5-12(19)20/h1-4H,5H2,(H,19,20). The summed E-state index contributed by atoms with van der Waals surface area (Å²) in [5, 5.41) is 9.96. The molecule has 1 aromatic carbocycles. The van der Waals surface area contributed by atoms with Gasteiger partial charge in [-0.3, -0.25) is 4.79 Å². The molecule has 0 saturated heterocycles. The highest BCUT2D eigenvalue weighted by Crippen LogP contribution is 2.36. The molecule has 0 aliphatic heterocycles. The van der Waals surface area contributed by atoms with Gasteiger partial charge in [-0.05, 0) is 29.8 Å². The fourth-order valence-electron chi connectivity index (χ4n) is 1.73. The Balaban J connectivity index is 2.60. The van der Waals surface area contributed by atoms with Crippen molar-refractivity contribution >= 4 is 52.4 Å². The maximum absolute atomic E-state index is 10.9. The second-order valence-electron chi connectivity index (χ2n) is 3.95. The van der Waals surface area contributed by atoms with E-state index in [9.17, 15) is 4.79 Å². The van der Waals surface area contributed by atoms with E-state index < -0.39 is 5.97 Å². The molecule has 2 rings (SSSR count). The molecule has 0 atom stereocenters. The summed E-state index contributed by atoms with van der Waals surface area (Å²) in [6.45, 7) is 0. The zero-order valence-corrected chi connectivity index (χ0v) is 12.9. The molecule has 1 aromatic heterocycles. The van der Waals surface area contributed by atoms with Crippen LogP contribution >= 0.6 is 46.4 Å². The average molecular weight is 351 g/mol. The molecular weight excluding hydrogens is 344 g/mol. The lowest BCUT2D eigenvalue weighted by atomic mass is 10.0. The third kappa shape index (κ3) is 3.36. The predicted molar refractivity (Wildman–Crippen MR) is 81.1 cm³/mol. The minimum atomic E-state index is -1.01. The first-order valence-corrected chi connectivity index (χ1v) is 6.92. The first-order valence-electron chi connectivity index (χ1n) is 5.40. The molecule has 0 bridgehead atoms. The molecule has 0 saturated carbocycles. The van der Waals surface area contributed by atoms with Gasteiger partial charge in [0.05, 0.1) is 27.2 Å². The highest BCUT2D eigenvalue weighted by molar-refractivity contribution is 6.48. The summed E-state index contributed by atoms with van der Waals surface area (Å²) in [6.07, 6.45) is -0.256. The Morgan fingerprint density at radius 1 is 1.10 bits per heavy atom. The zero-order chi connectivity index (χ0) is 14.9. The summed E-state index contributed by atoms with van der Waals surface area (Å²) in [6, 6.07) is 6.44. The van der Waals surface area contributed by atoms with Crippen molar-refractivity contribution in [1.82, 2.24) is 4.98 Å². The van der Waals surface area contributed by atoms with Gasteiger partial charge in [0.2, 0.25) is 0 Å². The fraction of sp³-hybridized carbons (Fsp3) is 0.0769. The highest BCUT2D eigenvalue weighted by atomic mass is 35.5.